The van der Waals surface area contributed by atoms with Crippen LogP contribution in [0.25, 0.3) is 0 Å². The van der Waals surface area contributed by atoms with E-state index in [0.717, 1.165) is 57.3 Å². The summed E-state index contributed by atoms with van der Waals surface area (Å²) in [5, 5.41) is 4.33. The van der Waals surface area contributed by atoms with E-state index in [1.807, 2.05) is 42.6 Å². The van der Waals surface area contributed by atoms with Gasteiger partial charge in [0, 0.05) is 6.07 Å². The number of ether oxygens (including phenoxy) is 8. The van der Waals surface area contributed by atoms with Crippen molar-refractivity contribution in [2.24, 2.45) is 0 Å². The van der Waals surface area contributed by atoms with Gasteiger partial charge < -0.3 is 37.9 Å². The van der Waals surface area contributed by atoms with Gasteiger partial charge in [0.15, 0.2) is 5.82 Å². The van der Waals surface area contributed by atoms with Gasteiger partial charge >= 0.3 is 30.3 Å². The molecule has 22 heteroatoms. The number of aryl methyl sites for hydroxylation is 1. The summed E-state index contributed by atoms with van der Waals surface area (Å²) in [5.74, 6) is -0.692. The molecule has 0 fully saturated rings. The Labute approximate surface area is 515 Å². The second-order valence-corrected chi connectivity index (χ2v) is 18.9. The van der Waals surface area contributed by atoms with Gasteiger partial charge in [-0.3, -0.25) is 20.2 Å². The molecule has 0 unspecified atom stereocenters. The summed E-state index contributed by atoms with van der Waals surface area (Å²) in [6.07, 6.45) is -5.87. The molecule has 0 aromatic heterocycles. The lowest BCUT2D eigenvalue weighted by molar-refractivity contribution is -0.143. The van der Waals surface area contributed by atoms with Gasteiger partial charge in [0.25, 0.3) is 0 Å². The number of hydrogen-bond acceptors (Lipinski definition) is 12. The Morgan fingerprint density at radius 2 is 0.711 bits per heavy atom. The Bertz CT molecular complexity index is 3410. The van der Waals surface area contributed by atoms with Crippen molar-refractivity contribution in [1.29, 1.82) is 0 Å². The van der Waals surface area contributed by atoms with Gasteiger partial charge in [-0.1, -0.05) is 66.7 Å². The van der Waals surface area contributed by atoms with Crippen molar-refractivity contribution in [2.75, 3.05) is 37.1 Å². The highest BCUT2D eigenvalue weighted by molar-refractivity contribution is 5.86. The van der Waals surface area contributed by atoms with Crippen molar-refractivity contribution in [1.82, 2.24) is 0 Å². The molecule has 2 N–H and O–H groups in total. The Kier molecular flexibility index (Phi) is 29.0. The number of anilines is 2. The Hall–Kier alpha value is -10.1. The SMILES string of the molecule is CCOC(=O)Cc1ccc(OCc2ccc(F)cc2)cc1.CCOC(=O)Cc1ccc(OCc2ccc(F)cc2)cc1C.CCOC(=O)Nc1ccc(OCc2ccc(F)cc2)cc1C(F)(F)F.CCOC(=O)Nc1ccc(OCc2ccc(F)cc2)cc1F. The minimum absolute atomic E-state index is 0.00702. The zero-order valence-corrected chi connectivity index (χ0v) is 49.7. The minimum atomic E-state index is -4.69. The molecule has 0 aliphatic rings. The van der Waals surface area contributed by atoms with Gasteiger partial charge in [0.05, 0.1) is 56.2 Å². The van der Waals surface area contributed by atoms with Crippen LogP contribution in [0, 0.1) is 36.0 Å². The summed E-state index contributed by atoms with van der Waals surface area (Å²) in [4.78, 5) is 45.4. The lowest BCUT2D eigenvalue weighted by Gasteiger charge is -2.15. The van der Waals surface area contributed by atoms with Crippen LogP contribution in [0.3, 0.4) is 0 Å². The van der Waals surface area contributed by atoms with E-state index in [-0.39, 0.29) is 80.1 Å². The molecule has 8 aromatic carbocycles. The zero-order valence-electron chi connectivity index (χ0n) is 49.7. The van der Waals surface area contributed by atoms with Crippen molar-refractivity contribution in [3.8, 4) is 23.0 Å². The highest BCUT2D eigenvalue weighted by Crippen LogP contribution is 2.37. The van der Waals surface area contributed by atoms with Crippen LogP contribution in [0.1, 0.15) is 72.2 Å². The molecule has 90 heavy (non-hydrogen) atoms. The second kappa shape index (κ2) is 36.9. The lowest BCUT2D eigenvalue weighted by atomic mass is 10.1. The van der Waals surface area contributed by atoms with Gasteiger partial charge in [-0.15, -0.1) is 0 Å². The first-order valence-corrected chi connectivity index (χ1v) is 28.0. The van der Waals surface area contributed by atoms with Crippen molar-refractivity contribution in [2.45, 2.75) is 80.1 Å². The number of esters is 2. The minimum Gasteiger partial charge on any atom is -0.489 e. The van der Waals surface area contributed by atoms with Crippen LogP contribution in [-0.2, 0) is 74.0 Å². The van der Waals surface area contributed by atoms with Gasteiger partial charge in [-0.2, -0.15) is 13.2 Å². The lowest BCUT2D eigenvalue weighted by Crippen LogP contribution is -2.17. The smallest absolute Gasteiger partial charge is 0.418 e. The van der Waals surface area contributed by atoms with E-state index >= 15 is 0 Å². The maximum atomic E-state index is 13.8. The highest BCUT2D eigenvalue weighted by atomic mass is 19.4. The normalized spacial score (nSPS) is 10.5. The number of carbonyl (C=O) groups excluding carboxylic acids is 4. The summed E-state index contributed by atoms with van der Waals surface area (Å²) in [6, 6.07) is 43.7. The van der Waals surface area contributed by atoms with Crippen molar-refractivity contribution in [3.05, 3.63) is 250 Å². The molecule has 0 heterocycles. The molecule has 476 valence electrons. The van der Waals surface area contributed by atoms with Crippen LogP contribution in [0.4, 0.5) is 56.1 Å². The fraction of sp³-hybridized carbons (Fsp3) is 0.235. The van der Waals surface area contributed by atoms with E-state index in [4.69, 9.17) is 28.4 Å². The van der Waals surface area contributed by atoms with Crippen LogP contribution >= 0.6 is 0 Å². The van der Waals surface area contributed by atoms with Gasteiger partial charge in [0.1, 0.15) is 72.7 Å². The molecule has 14 nitrogen and oxygen atoms in total. The molecule has 0 radical (unpaired) electrons. The predicted molar refractivity (Wildman–Crippen MR) is 320 cm³/mol. The van der Waals surface area contributed by atoms with E-state index in [2.05, 4.69) is 14.8 Å². The average molecular weight is 1260 g/mol. The molecule has 8 rings (SSSR count). The van der Waals surface area contributed by atoms with Crippen LogP contribution in [0.2, 0.25) is 0 Å². The summed E-state index contributed by atoms with van der Waals surface area (Å²) in [5.41, 5.74) is 4.45. The van der Waals surface area contributed by atoms with Crippen LogP contribution in [0.15, 0.2) is 176 Å². The summed E-state index contributed by atoms with van der Waals surface area (Å²) >= 11 is 0. The van der Waals surface area contributed by atoms with E-state index in [1.165, 1.54) is 85.8 Å². The fourth-order valence-corrected chi connectivity index (χ4v) is 7.59. The number of alkyl halides is 3. The molecule has 0 aliphatic heterocycles. The molecule has 0 atom stereocenters. The number of rotatable bonds is 22. The van der Waals surface area contributed by atoms with Gasteiger partial charge in [-0.25, -0.2) is 31.5 Å². The van der Waals surface area contributed by atoms with Crippen LogP contribution in [-0.4, -0.2) is 50.6 Å². The first-order chi connectivity index (χ1) is 43.1. The molecular formula is C68H66F8N2O12. The van der Waals surface area contributed by atoms with Gasteiger partial charge in [0.2, 0.25) is 0 Å². The number of nitrogens with one attached hydrogen (secondary N) is 2. The first-order valence-electron chi connectivity index (χ1n) is 28.0. The maximum absolute atomic E-state index is 13.8. The van der Waals surface area contributed by atoms with Crippen molar-refractivity contribution >= 4 is 35.5 Å². The van der Waals surface area contributed by atoms with E-state index in [1.54, 1.807) is 69.3 Å². The largest absolute Gasteiger partial charge is 0.489 e. The third-order valence-electron chi connectivity index (χ3n) is 12.1. The summed E-state index contributed by atoms with van der Waals surface area (Å²) in [6.45, 7) is 10.6. The fourth-order valence-electron chi connectivity index (χ4n) is 7.59. The van der Waals surface area contributed by atoms with Crippen LogP contribution in [0.5, 0.6) is 23.0 Å². The van der Waals surface area contributed by atoms with Crippen molar-refractivity contribution < 1.29 is 92.2 Å². The molecule has 2 amide bonds. The Balaban J connectivity index is 0.000000219. The molecule has 0 saturated heterocycles. The molecule has 8 aromatic rings. The molecule has 0 aliphatic carbocycles. The maximum Gasteiger partial charge on any atom is 0.418 e. The second-order valence-electron chi connectivity index (χ2n) is 18.9. The first kappa shape index (κ1) is 70.6. The highest BCUT2D eigenvalue weighted by Gasteiger charge is 2.35. The average Bonchev–Trinajstić information content (AvgIpc) is 1.32. The molecule has 0 saturated carbocycles. The Morgan fingerprint density at radius 1 is 0.378 bits per heavy atom. The number of carbonyl (C=O) groups is 4. The van der Waals surface area contributed by atoms with Crippen molar-refractivity contribution in [3.63, 3.8) is 0 Å². The van der Waals surface area contributed by atoms with Gasteiger partial charge in [-0.05, 0) is 177 Å². The number of amides is 2. The van der Waals surface area contributed by atoms with E-state index in [0.29, 0.717) is 43.5 Å². The Morgan fingerprint density at radius 3 is 1.10 bits per heavy atom. The number of hydrogen-bond donors (Lipinski definition) is 2. The zero-order chi connectivity index (χ0) is 65.4. The third kappa shape index (κ3) is 26.1. The van der Waals surface area contributed by atoms with E-state index in [9.17, 15) is 54.3 Å². The van der Waals surface area contributed by atoms with Crippen LogP contribution < -0.4 is 29.6 Å². The third-order valence-corrected chi connectivity index (χ3v) is 12.1. The number of halogens is 8. The van der Waals surface area contributed by atoms with E-state index < -0.39 is 41.2 Å². The molecule has 0 bridgehead atoms. The number of benzene rings is 8. The summed E-state index contributed by atoms with van der Waals surface area (Å²) < 4.78 is 146. The monoisotopic (exact) mass is 1250 g/mol. The quantitative estimate of drug-likeness (QED) is 0.0375. The molecule has 0 spiro atoms. The molecular weight excluding hydrogens is 1190 g/mol. The predicted octanol–water partition coefficient (Wildman–Crippen LogP) is 16.4. The standard InChI is InChI=1S/C18H19FO3.C17H15F4NO3.C17H17FO3.C16H15F2NO3/c1-3-21-18(20)11-15-6-9-17(10-13(15)2)22-12-14-4-7-16(19)8-5-14;1-2-24-16(23)22-15-8-7-13(9-14(15)17(19,20)21)25-10-11-3-5-12(18)6-4-11;1-2-20-17(19)11-13-5-9-16(10-6-13)21-12-14-3-7-15(18)8-4-14;1-2-21-16(20)19-15-8-7-13(9-14(15)18)22-10-11-3-5-12(17)6-4-11/h4-10H,3,11-12H2,1-2H3;3-9H,2,10H2,1H3,(H,22,23);3-10H,2,11-12H2,1H3;3-9H,2,10H2,1H3,(H,19,20). The topological polar surface area (TPSA) is 166 Å². The summed E-state index contributed by atoms with van der Waals surface area (Å²) in [7, 11) is 0.